The van der Waals surface area contributed by atoms with Crippen LogP contribution in [0.15, 0.2) is 36.4 Å². The third-order valence-electron chi connectivity index (χ3n) is 4.18. The summed E-state index contributed by atoms with van der Waals surface area (Å²) in [5.74, 6) is 2.87. The van der Waals surface area contributed by atoms with Gasteiger partial charge >= 0.3 is 0 Å². The standard InChI is InChI=1S/C18H16O4/c19-10-12-1-3-15(4-2-12)22-11-14-7-13-8-17-18(9-16(13)14)21-6-5-20-17/h1-4,8-10,14H,5-7,11H2. The van der Waals surface area contributed by atoms with Crippen molar-refractivity contribution in [3.05, 3.63) is 53.1 Å². The Labute approximate surface area is 128 Å². The van der Waals surface area contributed by atoms with Crippen molar-refractivity contribution in [3.63, 3.8) is 0 Å². The first-order valence-corrected chi connectivity index (χ1v) is 7.44. The van der Waals surface area contributed by atoms with Crippen LogP contribution in [0, 0.1) is 0 Å². The molecule has 1 aliphatic heterocycles. The minimum atomic E-state index is 0.386. The number of benzene rings is 2. The highest BCUT2D eigenvalue weighted by Gasteiger charge is 2.30. The molecule has 112 valence electrons. The summed E-state index contributed by atoms with van der Waals surface area (Å²) in [5, 5.41) is 0. The smallest absolute Gasteiger partial charge is 0.161 e. The van der Waals surface area contributed by atoms with E-state index in [2.05, 4.69) is 12.1 Å². The van der Waals surface area contributed by atoms with Gasteiger partial charge in [-0.3, -0.25) is 4.79 Å². The average molecular weight is 296 g/mol. The fourth-order valence-corrected chi connectivity index (χ4v) is 2.94. The quantitative estimate of drug-likeness (QED) is 0.814. The van der Waals surface area contributed by atoms with Crippen molar-refractivity contribution in [2.45, 2.75) is 12.3 Å². The number of ether oxygens (including phenoxy) is 3. The van der Waals surface area contributed by atoms with Gasteiger partial charge in [0.15, 0.2) is 11.5 Å². The van der Waals surface area contributed by atoms with Crippen molar-refractivity contribution < 1.29 is 19.0 Å². The SMILES string of the molecule is O=Cc1ccc(OCC2Cc3cc4c(cc32)OCCO4)cc1. The Balaban J connectivity index is 1.43. The van der Waals surface area contributed by atoms with Crippen LogP contribution in [-0.2, 0) is 6.42 Å². The normalized spacial score (nSPS) is 18.1. The number of hydrogen-bond acceptors (Lipinski definition) is 4. The molecular weight excluding hydrogens is 280 g/mol. The molecule has 0 saturated carbocycles. The molecule has 22 heavy (non-hydrogen) atoms. The average Bonchev–Trinajstić information content (AvgIpc) is 2.56. The van der Waals surface area contributed by atoms with Gasteiger partial charge in [-0.2, -0.15) is 0 Å². The van der Waals surface area contributed by atoms with Crippen LogP contribution in [0.1, 0.15) is 27.4 Å². The lowest BCUT2D eigenvalue weighted by Crippen LogP contribution is -2.25. The molecule has 4 nitrogen and oxygen atoms in total. The molecule has 0 spiro atoms. The summed E-state index contributed by atoms with van der Waals surface area (Å²) in [6.45, 7) is 1.86. The van der Waals surface area contributed by atoms with E-state index < -0.39 is 0 Å². The third-order valence-corrected chi connectivity index (χ3v) is 4.18. The fraction of sp³-hybridized carbons (Fsp3) is 0.278. The molecule has 1 heterocycles. The lowest BCUT2D eigenvalue weighted by molar-refractivity contribution is 0.112. The first-order valence-electron chi connectivity index (χ1n) is 7.44. The van der Waals surface area contributed by atoms with E-state index in [9.17, 15) is 4.79 Å². The Bertz CT molecular complexity index is 706. The number of fused-ring (bicyclic) bond motifs is 2. The molecule has 1 unspecified atom stereocenters. The Morgan fingerprint density at radius 3 is 2.55 bits per heavy atom. The van der Waals surface area contributed by atoms with Crippen molar-refractivity contribution >= 4 is 6.29 Å². The summed E-state index contributed by atoms with van der Waals surface area (Å²) in [5.41, 5.74) is 3.26. The van der Waals surface area contributed by atoms with E-state index in [0.29, 0.717) is 31.3 Å². The van der Waals surface area contributed by atoms with Gasteiger partial charge < -0.3 is 14.2 Å². The summed E-state index contributed by atoms with van der Waals surface area (Å²) in [4.78, 5) is 10.6. The molecule has 4 rings (SSSR count). The Kier molecular flexibility index (Phi) is 3.22. The Morgan fingerprint density at radius 2 is 1.82 bits per heavy atom. The van der Waals surface area contributed by atoms with Crippen molar-refractivity contribution in [3.8, 4) is 17.2 Å². The fourth-order valence-electron chi connectivity index (χ4n) is 2.94. The van der Waals surface area contributed by atoms with Crippen LogP contribution >= 0.6 is 0 Å². The van der Waals surface area contributed by atoms with E-state index in [-0.39, 0.29) is 0 Å². The minimum absolute atomic E-state index is 0.386. The molecular formula is C18H16O4. The molecule has 2 aliphatic rings. The van der Waals surface area contributed by atoms with Gasteiger partial charge in [0.05, 0.1) is 6.61 Å². The summed E-state index contributed by atoms with van der Waals surface area (Å²) >= 11 is 0. The second kappa shape index (κ2) is 5.37. The number of hydrogen-bond donors (Lipinski definition) is 0. The van der Waals surface area contributed by atoms with Gasteiger partial charge in [-0.25, -0.2) is 0 Å². The van der Waals surface area contributed by atoms with Crippen molar-refractivity contribution in [1.29, 1.82) is 0 Å². The van der Waals surface area contributed by atoms with E-state index in [1.807, 2.05) is 12.1 Å². The lowest BCUT2D eigenvalue weighted by Gasteiger charge is -2.32. The Morgan fingerprint density at radius 1 is 1.09 bits per heavy atom. The maximum absolute atomic E-state index is 10.6. The van der Waals surface area contributed by atoms with Crippen molar-refractivity contribution in [1.82, 2.24) is 0 Å². The van der Waals surface area contributed by atoms with E-state index in [4.69, 9.17) is 14.2 Å². The van der Waals surface area contributed by atoms with Gasteiger partial charge in [0.1, 0.15) is 25.2 Å². The van der Waals surface area contributed by atoms with Crippen molar-refractivity contribution in [2.75, 3.05) is 19.8 Å². The van der Waals surface area contributed by atoms with Crippen LogP contribution in [0.3, 0.4) is 0 Å². The molecule has 0 aromatic heterocycles. The highest BCUT2D eigenvalue weighted by atomic mass is 16.6. The summed E-state index contributed by atoms with van der Waals surface area (Å²) < 4.78 is 17.0. The highest BCUT2D eigenvalue weighted by Crippen LogP contribution is 2.43. The monoisotopic (exact) mass is 296 g/mol. The van der Waals surface area contributed by atoms with Gasteiger partial charge in [-0.05, 0) is 53.9 Å². The number of aldehydes is 1. The summed E-state index contributed by atoms with van der Waals surface area (Å²) in [7, 11) is 0. The molecule has 0 saturated heterocycles. The summed E-state index contributed by atoms with van der Waals surface area (Å²) in [6, 6.07) is 11.3. The van der Waals surface area contributed by atoms with Crippen LogP contribution in [0.25, 0.3) is 0 Å². The second-order valence-corrected chi connectivity index (χ2v) is 5.59. The Hall–Kier alpha value is -2.49. The van der Waals surface area contributed by atoms with E-state index in [1.54, 1.807) is 12.1 Å². The number of rotatable bonds is 4. The predicted molar refractivity (Wildman–Crippen MR) is 81.2 cm³/mol. The maximum atomic E-state index is 10.6. The molecule has 0 bridgehead atoms. The maximum Gasteiger partial charge on any atom is 0.161 e. The van der Waals surface area contributed by atoms with Gasteiger partial charge in [0, 0.05) is 11.5 Å². The first-order chi connectivity index (χ1) is 10.8. The molecule has 2 aromatic rings. The third kappa shape index (κ3) is 2.30. The van der Waals surface area contributed by atoms with E-state index >= 15 is 0 Å². The lowest BCUT2D eigenvalue weighted by atomic mass is 9.77. The van der Waals surface area contributed by atoms with E-state index in [0.717, 1.165) is 30.0 Å². The van der Waals surface area contributed by atoms with Crippen LogP contribution in [0.2, 0.25) is 0 Å². The van der Waals surface area contributed by atoms with Crippen molar-refractivity contribution in [2.24, 2.45) is 0 Å². The van der Waals surface area contributed by atoms with Crippen LogP contribution in [0.4, 0.5) is 0 Å². The second-order valence-electron chi connectivity index (χ2n) is 5.59. The van der Waals surface area contributed by atoms with Gasteiger partial charge in [-0.15, -0.1) is 0 Å². The van der Waals surface area contributed by atoms with Crippen LogP contribution in [-0.4, -0.2) is 26.1 Å². The zero-order chi connectivity index (χ0) is 14.9. The van der Waals surface area contributed by atoms with Crippen LogP contribution in [0.5, 0.6) is 17.2 Å². The highest BCUT2D eigenvalue weighted by molar-refractivity contribution is 5.74. The zero-order valence-corrected chi connectivity index (χ0v) is 12.1. The molecule has 0 N–H and O–H groups in total. The molecule has 1 atom stereocenters. The van der Waals surface area contributed by atoms with Gasteiger partial charge in [0.2, 0.25) is 0 Å². The summed E-state index contributed by atoms with van der Waals surface area (Å²) in [6.07, 6.45) is 1.83. The number of carbonyl (C=O) groups is 1. The van der Waals surface area contributed by atoms with Gasteiger partial charge in [-0.1, -0.05) is 0 Å². The zero-order valence-electron chi connectivity index (χ0n) is 12.1. The van der Waals surface area contributed by atoms with Crippen LogP contribution < -0.4 is 14.2 Å². The minimum Gasteiger partial charge on any atom is -0.493 e. The first kappa shape index (κ1) is 13.2. The molecule has 4 heteroatoms. The molecule has 2 aromatic carbocycles. The topological polar surface area (TPSA) is 44.8 Å². The molecule has 0 amide bonds. The largest absolute Gasteiger partial charge is 0.493 e. The van der Waals surface area contributed by atoms with E-state index in [1.165, 1.54) is 11.1 Å². The molecule has 0 fully saturated rings. The molecule has 1 aliphatic carbocycles. The number of carbonyl (C=O) groups excluding carboxylic acids is 1. The van der Waals surface area contributed by atoms with Gasteiger partial charge in [0.25, 0.3) is 0 Å². The molecule has 0 radical (unpaired) electrons. The predicted octanol–water partition coefficient (Wildman–Crippen LogP) is 2.99.